The highest BCUT2D eigenvalue weighted by Crippen LogP contribution is 2.36. The van der Waals surface area contributed by atoms with E-state index in [0.29, 0.717) is 35.8 Å². The number of rotatable bonds is 6. The van der Waals surface area contributed by atoms with Crippen LogP contribution in [0.1, 0.15) is 28.4 Å². The van der Waals surface area contributed by atoms with Crippen LogP contribution in [0, 0.1) is 13.8 Å². The number of amides is 2. The van der Waals surface area contributed by atoms with Gasteiger partial charge in [-0.3, -0.25) is 9.59 Å². The summed E-state index contributed by atoms with van der Waals surface area (Å²) >= 11 is 0. The molecule has 2 amide bonds. The van der Waals surface area contributed by atoms with Crippen molar-refractivity contribution < 1.29 is 19.1 Å². The van der Waals surface area contributed by atoms with Crippen LogP contribution in [0.3, 0.4) is 0 Å². The lowest BCUT2D eigenvalue weighted by atomic mass is 10.1. The van der Waals surface area contributed by atoms with E-state index in [4.69, 9.17) is 9.47 Å². The zero-order chi connectivity index (χ0) is 22.7. The Hall–Kier alpha value is -3.80. The summed E-state index contributed by atoms with van der Waals surface area (Å²) in [7, 11) is 0. The van der Waals surface area contributed by atoms with Gasteiger partial charge in [-0.2, -0.15) is 0 Å². The Morgan fingerprint density at radius 3 is 2.66 bits per heavy atom. The molecule has 3 aromatic rings. The van der Waals surface area contributed by atoms with Gasteiger partial charge in [-0.1, -0.05) is 30.3 Å². The number of carbonyl (C=O) groups excluding carboxylic acids is 2. The Kier molecular flexibility index (Phi) is 6.12. The van der Waals surface area contributed by atoms with E-state index < -0.39 is 6.10 Å². The lowest BCUT2D eigenvalue weighted by Crippen LogP contribution is -2.46. The number of aryl methyl sites for hydroxylation is 2. The number of carbonyl (C=O) groups is 2. The molecule has 0 bridgehead atoms. The summed E-state index contributed by atoms with van der Waals surface area (Å²) in [6, 6.07) is 20.5. The third-order valence-corrected chi connectivity index (χ3v) is 5.39. The van der Waals surface area contributed by atoms with Crippen molar-refractivity contribution in [1.82, 2.24) is 0 Å². The SMILES string of the molecule is Cc1cccc(OCCN2C(=O)C(C)Oc3cc(NC(=O)c4ccccc4C)ccc32)c1. The van der Waals surface area contributed by atoms with Crippen LogP contribution in [-0.4, -0.2) is 31.1 Å². The van der Waals surface area contributed by atoms with Crippen LogP contribution in [0.4, 0.5) is 11.4 Å². The number of nitrogens with one attached hydrogen (secondary N) is 1. The van der Waals surface area contributed by atoms with E-state index >= 15 is 0 Å². The topological polar surface area (TPSA) is 67.9 Å². The molecule has 1 aliphatic heterocycles. The van der Waals surface area contributed by atoms with Gasteiger partial charge in [0.2, 0.25) is 0 Å². The van der Waals surface area contributed by atoms with E-state index in [9.17, 15) is 9.59 Å². The highest BCUT2D eigenvalue weighted by atomic mass is 16.5. The third-order valence-electron chi connectivity index (χ3n) is 5.39. The molecule has 1 heterocycles. The lowest BCUT2D eigenvalue weighted by molar-refractivity contribution is -0.125. The van der Waals surface area contributed by atoms with Gasteiger partial charge in [0.15, 0.2) is 6.10 Å². The van der Waals surface area contributed by atoms with Crippen molar-refractivity contribution in [1.29, 1.82) is 0 Å². The fourth-order valence-electron chi connectivity index (χ4n) is 3.70. The van der Waals surface area contributed by atoms with Gasteiger partial charge < -0.3 is 19.7 Å². The molecule has 1 atom stereocenters. The molecular weight excluding hydrogens is 404 g/mol. The molecule has 0 radical (unpaired) electrons. The van der Waals surface area contributed by atoms with Gasteiger partial charge in [0.05, 0.1) is 12.2 Å². The Bertz CT molecular complexity index is 1160. The number of fused-ring (bicyclic) bond motifs is 1. The zero-order valence-corrected chi connectivity index (χ0v) is 18.4. The average Bonchev–Trinajstić information content (AvgIpc) is 2.76. The minimum Gasteiger partial charge on any atom is -0.492 e. The number of hydrogen-bond acceptors (Lipinski definition) is 4. The first-order chi connectivity index (χ1) is 15.4. The van der Waals surface area contributed by atoms with E-state index in [0.717, 1.165) is 16.9 Å². The molecule has 6 nitrogen and oxygen atoms in total. The summed E-state index contributed by atoms with van der Waals surface area (Å²) in [4.78, 5) is 27.1. The normalized spacial score (nSPS) is 15.0. The first kappa shape index (κ1) is 21.4. The highest BCUT2D eigenvalue weighted by Gasteiger charge is 2.31. The number of hydrogen-bond donors (Lipinski definition) is 1. The third kappa shape index (κ3) is 4.59. The Labute approximate surface area is 187 Å². The maximum atomic E-state index is 12.7. The van der Waals surface area contributed by atoms with E-state index in [1.54, 1.807) is 36.1 Å². The lowest BCUT2D eigenvalue weighted by Gasteiger charge is -2.33. The largest absolute Gasteiger partial charge is 0.492 e. The van der Waals surface area contributed by atoms with Gasteiger partial charge in [-0.05, 0) is 62.2 Å². The van der Waals surface area contributed by atoms with Crippen LogP contribution in [0.5, 0.6) is 11.5 Å². The predicted molar refractivity (Wildman–Crippen MR) is 125 cm³/mol. The number of nitrogens with zero attached hydrogens (tertiary/aromatic N) is 1. The molecule has 0 fully saturated rings. The molecule has 1 aliphatic rings. The molecule has 32 heavy (non-hydrogen) atoms. The van der Waals surface area contributed by atoms with E-state index in [1.165, 1.54) is 0 Å². The van der Waals surface area contributed by atoms with Crippen LogP contribution in [0.15, 0.2) is 66.7 Å². The van der Waals surface area contributed by atoms with Gasteiger partial charge in [0.25, 0.3) is 11.8 Å². The molecule has 6 heteroatoms. The molecule has 0 aromatic heterocycles. The molecule has 4 rings (SSSR count). The van der Waals surface area contributed by atoms with Gasteiger partial charge in [-0.15, -0.1) is 0 Å². The first-order valence-corrected chi connectivity index (χ1v) is 10.6. The van der Waals surface area contributed by atoms with Crippen LogP contribution in [0.2, 0.25) is 0 Å². The van der Waals surface area contributed by atoms with Crippen molar-refractivity contribution in [3.8, 4) is 11.5 Å². The van der Waals surface area contributed by atoms with Crippen LogP contribution >= 0.6 is 0 Å². The van der Waals surface area contributed by atoms with E-state index in [2.05, 4.69) is 5.32 Å². The standard InChI is InChI=1S/C26H26N2O4/c1-17-7-6-9-21(15-17)31-14-13-28-23-12-11-20(16-24(23)32-19(3)26(28)30)27-25(29)22-10-5-4-8-18(22)2/h4-12,15-16,19H,13-14H2,1-3H3,(H,27,29). The van der Waals surface area contributed by atoms with Crippen LogP contribution < -0.4 is 19.7 Å². The predicted octanol–water partition coefficient (Wildman–Crippen LogP) is 4.75. The Morgan fingerprint density at radius 1 is 1.06 bits per heavy atom. The maximum absolute atomic E-state index is 12.7. The molecule has 0 saturated heterocycles. The maximum Gasteiger partial charge on any atom is 0.267 e. The summed E-state index contributed by atoms with van der Waals surface area (Å²) in [5.41, 5.74) is 3.90. The fourth-order valence-corrected chi connectivity index (χ4v) is 3.70. The highest BCUT2D eigenvalue weighted by molar-refractivity contribution is 6.06. The first-order valence-electron chi connectivity index (χ1n) is 10.6. The van der Waals surface area contributed by atoms with Crippen molar-refractivity contribution >= 4 is 23.2 Å². The monoisotopic (exact) mass is 430 g/mol. The van der Waals surface area contributed by atoms with Crippen LogP contribution in [-0.2, 0) is 4.79 Å². The second kappa shape index (κ2) is 9.14. The molecule has 1 unspecified atom stereocenters. The average molecular weight is 431 g/mol. The summed E-state index contributed by atoms with van der Waals surface area (Å²) in [6.45, 7) is 6.37. The molecular formula is C26H26N2O4. The summed E-state index contributed by atoms with van der Waals surface area (Å²) in [5, 5.41) is 2.91. The van der Waals surface area contributed by atoms with E-state index in [1.807, 2.05) is 56.3 Å². The van der Waals surface area contributed by atoms with Crippen molar-refractivity contribution in [3.63, 3.8) is 0 Å². The van der Waals surface area contributed by atoms with Gasteiger partial charge in [0, 0.05) is 17.3 Å². The van der Waals surface area contributed by atoms with Crippen molar-refractivity contribution in [2.45, 2.75) is 26.9 Å². The quantitative estimate of drug-likeness (QED) is 0.613. The number of benzene rings is 3. The minimum absolute atomic E-state index is 0.123. The Morgan fingerprint density at radius 2 is 1.88 bits per heavy atom. The summed E-state index contributed by atoms with van der Waals surface area (Å²) in [6.07, 6.45) is -0.621. The van der Waals surface area contributed by atoms with Gasteiger partial charge in [-0.25, -0.2) is 0 Å². The van der Waals surface area contributed by atoms with Crippen molar-refractivity contribution in [2.75, 3.05) is 23.4 Å². The van der Waals surface area contributed by atoms with Crippen molar-refractivity contribution in [3.05, 3.63) is 83.4 Å². The second-order valence-electron chi connectivity index (χ2n) is 7.87. The van der Waals surface area contributed by atoms with Crippen molar-refractivity contribution in [2.24, 2.45) is 0 Å². The smallest absolute Gasteiger partial charge is 0.267 e. The van der Waals surface area contributed by atoms with Crippen LogP contribution in [0.25, 0.3) is 0 Å². The molecule has 0 spiro atoms. The Balaban J connectivity index is 1.49. The van der Waals surface area contributed by atoms with Gasteiger partial charge in [0.1, 0.15) is 18.1 Å². The summed E-state index contributed by atoms with van der Waals surface area (Å²) in [5.74, 6) is 1.01. The molecule has 3 aromatic carbocycles. The van der Waals surface area contributed by atoms with Gasteiger partial charge >= 0.3 is 0 Å². The molecule has 0 aliphatic carbocycles. The second-order valence-corrected chi connectivity index (χ2v) is 7.87. The summed E-state index contributed by atoms with van der Waals surface area (Å²) < 4.78 is 11.7. The van der Waals surface area contributed by atoms with E-state index in [-0.39, 0.29) is 11.8 Å². The molecule has 164 valence electrons. The molecule has 1 N–H and O–H groups in total. The molecule has 0 saturated carbocycles. The minimum atomic E-state index is -0.621. The fraction of sp³-hybridized carbons (Fsp3) is 0.231. The number of ether oxygens (including phenoxy) is 2. The zero-order valence-electron chi connectivity index (χ0n) is 18.4. The number of anilines is 2.